The van der Waals surface area contributed by atoms with E-state index in [2.05, 4.69) is 29.9 Å². The second kappa shape index (κ2) is 9.11. The summed E-state index contributed by atoms with van der Waals surface area (Å²) in [5.41, 5.74) is 3.84. The number of aromatic nitrogens is 2. The molecule has 21 heavy (non-hydrogen) atoms. The number of H-pyrrole nitrogens is 1. The van der Waals surface area contributed by atoms with E-state index in [-0.39, 0.29) is 5.92 Å². The van der Waals surface area contributed by atoms with Crippen LogP contribution in [0.2, 0.25) is 0 Å². The van der Waals surface area contributed by atoms with Crippen molar-refractivity contribution in [2.24, 2.45) is 0 Å². The molecule has 0 spiro atoms. The van der Waals surface area contributed by atoms with E-state index in [0.29, 0.717) is 5.71 Å². The lowest BCUT2D eigenvalue weighted by molar-refractivity contribution is 0.850. The van der Waals surface area contributed by atoms with Crippen molar-refractivity contribution in [3.05, 3.63) is 53.7 Å². The Morgan fingerprint density at radius 3 is 2.81 bits per heavy atom. The van der Waals surface area contributed by atoms with E-state index in [1.807, 2.05) is 38.2 Å². The molecule has 0 amide bonds. The smallest absolute Gasteiger partial charge is 0.0925 e. The minimum atomic E-state index is 0.0207. The molecule has 0 bridgehead atoms. The van der Waals surface area contributed by atoms with Crippen LogP contribution in [0.1, 0.15) is 57.8 Å². The molecule has 0 aromatic carbocycles. The molecule has 1 unspecified atom stereocenters. The molecule has 0 saturated heterocycles. The molecule has 0 saturated carbocycles. The fraction of sp³-hybridized carbons (Fsp3) is 0.444. The summed E-state index contributed by atoms with van der Waals surface area (Å²) in [6.07, 6.45) is 15.0. The molecule has 0 radical (unpaired) electrons. The standard InChI is InChI=1S/C18H27N3/c1-5-7-8-9-11-14(3)12-16(19)15(4)18-17(10-6-2)20-13-21-18/h7-9,11-13,15,19H,5-6,10H2,1-4H3,(H,20,21)/b8-7-,11-9-,14-12+,19-16?. The summed E-state index contributed by atoms with van der Waals surface area (Å²) < 4.78 is 0. The van der Waals surface area contributed by atoms with E-state index in [0.717, 1.165) is 36.2 Å². The van der Waals surface area contributed by atoms with E-state index in [9.17, 15) is 0 Å². The van der Waals surface area contributed by atoms with Crippen LogP contribution < -0.4 is 0 Å². The molecule has 114 valence electrons. The number of nitrogens with zero attached hydrogens (tertiary/aromatic N) is 1. The number of nitrogens with one attached hydrogen (secondary N) is 2. The van der Waals surface area contributed by atoms with Crippen molar-refractivity contribution in [3.63, 3.8) is 0 Å². The van der Waals surface area contributed by atoms with Crippen LogP contribution in [0, 0.1) is 5.41 Å². The van der Waals surface area contributed by atoms with Crippen LogP contribution in [0.5, 0.6) is 0 Å². The first kappa shape index (κ1) is 17.2. The Kier molecular flexibility index (Phi) is 7.44. The van der Waals surface area contributed by atoms with Crippen molar-refractivity contribution in [2.75, 3.05) is 0 Å². The molecule has 0 aliphatic carbocycles. The average molecular weight is 285 g/mol. The summed E-state index contributed by atoms with van der Waals surface area (Å²) in [7, 11) is 0. The highest BCUT2D eigenvalue weighted by Crippen LogP contribution is 2.20. The number of imidazole rings is 1. The number of allylic oxidation sites excluding steroid dienone is 6. The number of hydrogen-bond acceptors (Lipinski definition) is 2. The van der Waals surface area contributed by atoms with Gasteiger partial charge in [0.25, 0.3) is 0 Å². The third-order valence-corrected chi connectivity index (χ3v) is 3.35. The zero-order chi connectivity index (χ0) is 15.7. The van der Waals surface area contributed by atoms with Gasteiger partial charge in [0.1, 0.15) is 0 Å². The van der Waals surface area contributed by atoms with Crippen LogP contribution in [0.15, 0.2) is 42.3 Å². The van der Waals surface area contributed by atoms with E-state index in [4.69, 9.17) is 5.41 Å². The Bertz CT molecular complexity index is 532. The number of hydrogen-bond donors (Lipinski definition) is 2. The Balaban J connectivity index is 2.75. The van der Waals surface area contributed by atoms with Crippen LogP contribution >= 0.6 is 0 Å². The van der Waals surface area contributed by atoms with Gasteiger partial charge in [-0.3, -0.25) is 0 Å². The second-order valence-corrected chi connectivity index (χ2v) is 5.28. The van der Waals surface area contributed by atoms with Crippen LogP contribution in [-0.2, 0) is 6.42 Å². The molecule has 3 nitrogen and oxygen atoms in total. The first-order valence-corrected chi connectivity index (χ1v) is 7.72. The minimum absolute atomic E-state index is 0.0207. The van der Waals surface area contributed by atoms with Crippen molar-refractivity contribution in [1.29, 1.82) is 5.41 Å². The number of aromatic amines is 1. The lowest BCUT2D eigenvalue weighted by atomic mass is 9.97. The first-order valence-electron chi connectivity index (χ1n) is 7.72. The van der Waals surface area contributed by atoms with Crippen molar-refractivity contribution in [2.45, 2.75) is 52.9 Å². The van der Waals surface area contributed by atoms with Gasteiger partial charge in [-0.15, -0.1) is 0 Å². The summed E-state index contributed by atoms with van der Waals surface area (Å²) in [4.78, 5) is 7.59. The molecule has 3 heteroatoms. The van der Waals surface area contributed by atoms with E-state index >= 15 is 0 Å². The van der Waals surface area contributed by atoms with Gasteiger partial charge < -0.3 is 10.4 Å². The third kappa shape index (κ3) is 5.54. The molecule has 1 atom stereocenters. The first-order chi connectivity index (χ1) is 10.1. The second-order valence-electron chi connectivity index (χ2n) is 5.28. The predicted molar refractivity (Wildman–Crippen MR) is 91.1 cm³/mol. The maximum atomic E-state index is 8.26. The van der Waals surface area contributed by atoms with Crippen molar-refractivity contribution < 1.29 is 0 Å². The molecular formula is C18H27N3. The highest BCUT2D eigenvalue weighted by atomic mass is 14.9. The Hall–Kier alpha value is -1.90. The van der Waals surface area contributed by atoms with E-state index < -0.39 is 0 Å². The maximum absolute atomic E-state index is 8.26. The van der Waals surface area contributed by atoms with Gasteiger partial charge in [-0.05, 0) is 31.4 Å². The zero-order valence-electron chi connectivity index (χ0n) is 13.6. The Morgan fingerprint density at radius 2 is 2.14 bits per heavy atom. The fourth-order valence-electron chi connectivity index (χ4n) is 2.14. The van der Waals surface area contributed by atoms with Gasteiger partial charge in [0.2, 0.25) is 0 Å². The van der Waals surface area contributed by atoms with Gasteiger partial charge in [-0.25, -0.2) is 4.98 Å². The molecule has 1 rings (SSSR count). The fourth-order valence-corrected chi connectivity index (χ4v) is 2.14. The lowest BCUT2D eigenvalue weighted by Gasteiger charge is -2.10. The monoisotopic (exact) mass is 285 g/mol. The molecular weight excluding hydrogens is 258 g/mol. The summed E-state index contributed by atoms with van der Waals surface area (Å²) in [6.45, 7) is 8.33. The van der Waals surface area contributed by atoms with Gasteiger partial charge in [0.05, 0.1) is 12.0 Å². The number of aryl methyl sites for hydroxylation is 1. The van der Waals surface area contributed by atoms with Gasteiger partial charge in [0, 0.05) is 17.3 Å². The molecule has 2 N–H and O–H groups in total. The van der Waals surface area contributed by atoms with Crippen LogP contribution in [0.4, 0.5) is 0 Å². The normalized spacial score (nSPS) is 14.2. The Morgan fingerprint density at radius 1 is 1.38 bits per heavy atom. The predicted octanol–water partition coefficient (Wildman–Crippen LogP) is 4.95. The van der Waals surface area contributed by atoms with Crippen LogP contribution in [0.25, 0.3) is 0 Å². The molecule has 1 heterocycles. The van der Waals surface area contributed by atoms with Gasteiger partial charge >= 0.3 is 0 Å². The molecule has 0 fully saturated rings. The highest BCUT2D eigenvalue weighted by Gasteiger charge is 2.16. The summed E-state index contributed by atoms with van der Waals surface area (Å²) in [5, 5.41) is 8.26. The topological polar surface area (TPSA) is 52.5 Å². The number of rotatable bonds is 8. The molecule has 0 aliphatic rings. The highest BCUT2D eigenvalue weighted by molar-refractivity contribution is 5.98. The van der Waals surface area contributed by atoms with Gasteiger partial charge in [0.15, 0.2) is 0 Å². The van der Waals surface area contributed by atoms with Crippen LogP contribution in [0.3, 0.4) is 0 Å². The average Bonchev–Trinajstić information content (AvgIpc) is 2.91. The summed E-state index contributed by atoms with van der Waals surface area (Å²) >= 11 is 0. The lowest BCUT2D eigenvalue weighted by Crippen LogP contribution is -2.08. The van der Waals surface area contributed by atoms with Crippen molar-refractivity contribution >= 4 is 5.71 Å². The Labute approximate surface area is 128 Å². The quantitative estimate of drug-likeness (QED) is 0.515. The molecule has 1 aromatic heterocycles. The summed E-state index contributed by atoms with van der Waals surface area (Å²) in [6, 6.07) is 0. The SMILES string of the molecule is CC\C=C/C=C\C(C)=C\C(=N)C(C)c1nc[nH]c1CCC. The third-order valence-electron chi connectivity index (χ3n) is 3.35. The van der Waals surface area contributed by atoms with Gasteiger partial charge in [-0.2, -0.15) is 0 Å². The van der Waals surface area contributed by atoms with E-state index in [1.54, 1.807) is 6.33 Å². The summed E-state index contributed by atoms with van der Waals surface area (Å²) in [5.74, 6) is 0.0207. The molecule has 1 aromatic rings. The largest absolute Gasteiger partial charge is 0.348 e. The van der Waals surface area contributed by atoms with Crippen molar-refractivity contribution in [3.8, 4) is 0 Å². The zero-order valence-corrected chi connectivity index (χ0v) is 13.6. The maximum Gasteiger partial charge on any atom is 0.0925 e. The van der Waals surface area contributed by atoms with Gasteiger partial charge in [-0.1, -0.05) is 51.5 Å². The van der Waals surface area contributed by atoms with Crippen molar-refractivity contribution in [1.82, 2.24) is 9.97 Å². The molecule has 0 aliphatic heterocycles. The minimum Gasteiger partial charge on any atom is -0.348 e. The van der Waals surface area contributed by atoms with E-state index in [1.165, 1.54) is 0 Å². The van der Waals surface area contributed by atoms with Crippen LogP contribution in [-0.4, -0.2) is 15.7 Å².